The third-order valence-electron chi connectivity index (χ3n) is 8.66. The molecule has 3 aliphatic carbocycles. The molecule has 2 N–H and O–H groups in total. The first-order valence-electron chi connectivity index (χ1n) is 13.0. The second kappa shape index (κ2) is 9.07. The maximum atomic E-state index is 14.7. The molecule has 6 nitrogen and oxygen atoms in total. The minimum Gasteiger partial charge on any atom is -0.381 e. The Balaban J connectivity index is 1.28. The Hall–Kier alpha value is -2.95. The number of hydrogen-bond donors (Lipinski definition) is 2. The highest BCUT2D eigenvalue weighted by Crippen LogP contribution is 2.51. The van der Waals surface area contributed by atoms with Gasteiger partial charge in [0.05, 0.1) is 22.9 Å². The summed E-state index contributed by atoms with van der Waals surface area (Å²) in [4.78, 5) is 28.8. The Kier molecular flexibility index (Phi) is 6.04. The Morgan fingerprint density at radius 2 is 1.74 bits per heavy atom. The Bertz CT molecular complexity index is 1310. The van der Waals surface area contributed by atoms with Crippen LogP contribution in [0.3, 0.4) is 0 Å². The smallest absolute Gasteiger partial charge is 0.266 e. The van der Waals surface area contributed by atoms with Crippen LogP contribution < -0.4 is 16.2 Å². The molecule has 1 aliphatic heterocycles. The summed E-state index contributed by atoms with van der Waals surface area (Å²) in [7, 11) is 0. The number of fused-ring (bicyclic) bond motifs is 1. The maximum absolute atomic E-state index is 14.7. The quantitative estimate of drug-likeness (QED) is 0.457. The van der Waals surface area contributed by atoms with Crippen molar-refractivity contribution in [2.24, 2.45) is 11.8 Å². The van der Waals surface area contributed by atoms with Crippen molar-refractivity contribution in [2.75, 3.05) is 18.4 Å². The van der Waals surface area contributed by atoms with Crippen molar-refractivity contribution in [3.05, 3.63) is 63.3 Å². The summed E-state index contributed by atoms with van der Waals surface area (Å²) in [6.45, 7) is 3.34. The van der Waals surface area contributed by atoms with E-state index < -0.39 is 47.3 Å². The molecule has 2 aromatic rings. The zero-order chi connectivity index (χ0) is 26.9. The number of pyridine rings is 1. The van der Waals surface area contributed by atoms with Crippen molar-refractivity contribution >= 4 is 11.6 Å². The molecule has 4 atom stereocenters. The van der Waals surface area contributed by atoms with Crippen LogP contribution in [0.2, 0.25) is 0 Å². The number of halogens is 5. The second-order valence-electron chi connectivity index (χ2n) is 11.1. The number of nitrogens with zero attached hydrogens (tertiary/aromatic N) is 2. The minimum absolute atomic E-state index is 0.0159. The van der Waals surface area contributed by atoms with E-state index in [9.17, 15) is 31.5 Å². The van der Waals surface area contributed by atoms with Crippen LogP contribution in [0.1, 0.15) is 66.6 Å². The SMILES string of the molecule is C[C@@H](NC(=O)c1cn(C2(C(F)F)CC2)c(=O)cc1N[C@@H]1[C@@H]2CN(C3CC3)C[C@@H]21)c1cccc(C(F)F)c1F. The lowest BCUT2D eigenvalue weighted by molar-refractivity contribution is 0.0648. The first kappa shape index (κ1) is 25.3. The zero-order valence-electron chi connectivity index (χ0n) is 20.8. The monoisotopic (exact) mass is 536 g/mol. The average Bonchev–Trinajstić information content (AvgIpc) is 3.79. The molecular weight excluding hydrogens is 507 g/mol. The number of piperidine rings is 1. The van der Waals surface area contributed by atoms with E-state index in [-0.39, 0.29) is 35.7 Å². The van der Waals surface area contributed by atoms with Crippen molar-refractivity contribution < 1.29 is 26.7 Å². The highest BCUT2D eigenvalue weighted by molar-refractivity contribution is 5.99. The molecule has 2 heterocycles. The van der Waals surface area contributed by atoms with Crippen LogP contribution in [0.4, 0.5) is 27.6 Å². The number of aromatic nitrogens is 1. The highest BCUT2D eigenvalue weighted by atomic mass is 19.3. The molecular formula is C27H29F5N4O2. The van der Waals surface area contributed by atoms with Crippen LogP contribution in [0.5, 0.6) is 0 Å². The van der Waals surface area contributed by atoms with Gasteiger partial charge in [-0.05, 0) is 44.4 Å². The molecule has 0 unspecified atom stereocenters. The molecule has 0 bridgehead atoms. The first-order valence-corrected chi connectivity index (χ1v) is 13.0. The lowest BCUT2D eigenvalue weighted by Crippen LogP contribution is -2.38. The topological polar surface area (TPSA) is 66.4 Å². The number of benzene rings is 1. The summed E-state index contributed by atoms with van der Waals surface area (Å²) < 4.78 is 69.7. The van der Waals surface area contributed by atoms with Crippen molar-refractivity contribution in [1.82, 2.24) is 14.8 Å². The number of anilines is 1. The number of nitrogens with one attached hydrogen (secondary N) is 2. The number of alkyl halides is 4. The van der Waals surface area contributed by atoms with Crippen molar-refractivity contribution in [2.45, 2.75) is 69.1 Å². The predicted octanol–water partition coefficient (Wildman–Crippen LogP) is 4.67. The van der Waals surface area contributed by atoms with E-state index in [0.717, 1.165) is 29.9 Å². The lowest BCUT2D eigenvalue weighted by atomic mass is 10.0. The van der Waals surface area contributed by atoms with Crippen molar-refractivity contribution in [1.29, 1.82) is 0 Å². The van der Waals surface area contributed by atoms with Gasteiger partial charge in [0.25, 0.3) is 24.3 Å². The van der Waals surface area contributed by atoms with Crippen LogP contribution in [0.15, 0.2) is 35.3 Å². The van der Waals surface area contributed by atoms with Crippen LogP contribution in [-0.4, -0.2) is 47.0 Å². The number of carbonyl (C=O) groups excluding carboxylic acids is 1. The van der Waals surface area contributed by atoms with Gasteiger partial charge in [0.1, 0.15) is 11.4 Å². The molecule has 1 amide bonds. The third-order valence-corrected chi connectivity index (χ3v) is 8.66. The van der Waals surface area contributed by atoms with E-state index in [4.69, 9.17) is 0 Å². The van der Waals surface area contributed by atoms with Crippen LogP contribution in [-0.2, 0) is 5.54 Å². The molecule has 1 saturated heterocycles. The van der Waals surface area contributed by atoms with Gasteiger partial charge in [-0.15, -0.1) is 0 Å². The summed E-state index contributed by atoms with van der Waals surface area (Å²) in [6, 6.07) is 4.48. The molecule has 38 heavy (non-hydrogen) atoms. The number of carbonyl (C=O) groups is 1. The van der Waals surface area contributed by atoms with Gasteiger partial charge < -0.3 is 15.2 Å². The van der Waals surface area contributed by atoms with Gasteiger partial charge in [0.15, 0.2) is 0 Å². The molecule has 6 rings (SSSR count). The summed E-state index contributed by atoms with van der Waals surface area (Å²) in [6.07, 6.45) is -1.98. The lowest BCUT2D eigenvalue weighted by Gasteiger charge is -2.23. The molecule has 0 spiro atoms. The fourth-order valence-corrected chi connectivity index (χ4v) is 5.99. The van der Waals surface area contributed by atoms with E-state index in [2.05, 4.69) is 15.5 Å². The molecule has 204 valence electrons. The molecule has 4 fully saturated rings. The van der Waals surface area contributed by atoms with E-state index in [1.54, 1.807) is 0 Å². The average molecular weight is 537 g/mol. The molecule has 3 saturated carbocycles. The van der Waals surface area contributed by atoms with Gasteiger partial charge in [-0.3, -0.25) is 14.5 Å². The largest absolute Gasteiger partial charge is 0.381 e. The van der Waals surface area contributed by atoms with Gasteiger partial charge in [-0.25, -0.2) is 22.0 Å². The zero-order valence-corrected chi connectivity index (χ0v) is 20.8. The summed E-state index contributed by atoms with van der Waals surface area (Å²) >= 11 is 0. The van der Waals surface area contributed by atoms with Gasteiger partial charge >= 0.3 is 0 Å². The maximum Gasteiger partial charge on any atom is 0.266 e. The summed E-state index contributed by atoms with van der Waals surface area (Å²) in [5, 5.41) is 5.91. The molecule has 11 heteroatoms. The predicted molar refractivity (Wildman–Crippen MR) is 130 cm³/mol. The normalized spacial score (nSPS) is 26.4. The van der Waals surface area contributed by atoms with E-state index in [0.29, 0.717) is 17.9 Å². The van der Waals surface area contributed by atoms with E-state index in [1.165, 1.54) is 38.0 Å². The molecule has 1 aromatic carbocycles. The van der Waals surface area contributed by atoms with Crippen LogP contribution >= 0.6 is 0 Å². The third kappa shape index (κ3) is 4.28. The fraction of sp³-hybridized carbons (Fsp3) is 0.556. The van der Waals surface area contributed by atoms with Crippen molar-refractivity contribution in [3.63, 3.8) is 0 Å². The van der Waals surface area contributed by atoms with Crippen LogP contribution in [0, 0.1) is 17.7 Å². The first-order chi connectivity index (χ1) is 18.1. The number of amides is 1. The minimum atomic E-state index is -3.02. The summed E-state index contributed by atoms with van der Waals surface area (Å²) in [5.41, 5.74) is -2.95. The number of likely N-dealkylation sites (tertiary alicyclic amines) is 1. The second-order valence-corrected chi connectivity index (χ2v) is 11.1. The van der Waals surface area contributed by atoms with Crippen molar-refractivity contribution in [3.8, 4) is 0 Å². The van der Waals surface area contributed by atoms with Gasteiger partial charge in [0.2, 0.25) is 0 Å². The number of hydrogen-bond acceptors (Lipinski definition) is 4. The van der Waals surface area contributed by atoms with Crippen LogP contribution in [0.25, 0.3) is 0 Å². The van der Waals surface area contributed by atoms with Gasteiger partial charge in [-0.1, -0.05) is 18.2 Å². The Morgan fingerprint density at radius 1 is 1.08 bits per heavy atom. The molecule has 1 aromatic heterocycles. The Morgan fingerprint density at radius 3 is 2.32 bits per heavy atom. The summed E-state index contributed by atoms with van der Waals surface area (Å²) in [5.74, 6) is -1.06. The molecule has 0 radical (unpaired) electrons. The van der Waals surface area contributed by atoms with Gasteiger partial charge in [-0.2, -0.15) is 0 Å². The van der Waals surface area contributed by atoms with Gasteiger partial charge in [0, 0.05) is 43.0 Å². The fourth-order valence-electron chi connectivity index (χ4n) is 5.99. The molecule has 4 aliphatic rings. The van der Waals surface area contributed by atoms with E-state index >= 15 is 0 Å². The standard InChI is InChI=1S/C27H29F5N4O2/c1-13(15-3-2-4-16(22(15)28)24(29)30)33-25(38)19-12-36(27(7-8-27)26(31)32)21(37)9-20(19)34-23-17-10-35(11-18(17)23)14-5-6-14/h2-4,9,12-14,17-18,23-24,26,34H,5-8,10-11H2,1H3,(H,33,38)/t13-,17-,18+,23-/m1/s1. The number of rotatable bonds is 9. The Labute approximate surface area is 216 Å². The van der Waals surface area contributed by atoms with E-state index in [1.807, 2.05) is 0 Å². The highest BCUT2D eigenvalue weighted by Gasteiger charge is 2.58.